The van der Waals surface area contributed by atoms with Gasteiger partial charge < -0.3 is 10.2 Å². The first kappa shape index (κ1) is 24.9. The first-order valence-corrected chi connectivity index (χ1v) is 13.9. The summed E-state index contributed by atoms with van der Waals surface area (Å²) in [4.78, 5) is 28.2. The van der Waals surface area contributed by atoms with Crippen LogP contribution >= 0.6 is 11.8 Å². The Bertz CT molecular complexity index is 1690. The molecule has 2 amide bonds. The van der Waals surface area contributed by atoms with Crippen LogP contribution in [0.5, 0.6) is 0 Å². The van der Waals surface area contributed by atoms with Gasteiger partial charge in [-0.2, -0.15) is 0 Å². The lowest BCUT2D eigenvalue weighted by molar-refractivity contribution is -0.116. The first-order chi connectivity index (χ1) is 19.1. The molecule has 0 saturated heterocycles. The van der Waals surface area contributed by atoms with Crippen molar-refractivity contribution in [3.8, 4) is 5.69 Å². The zero-order chi connectivity index (χ0) is 26.8. The highest BCUT2D eigenvalue weighted by atomic mass is 32.2. The van der Waals surface area contributed by atoms with Gasteiger partial charge in [0.2, 0.25) is 5.91 Å². The summed E-state index contributed by atoms with van der Waals surface area (Å²) in [5.74, 6) is 0.688. The highest BCUT2D eigenvalue weighted by Gasteiger charge is 2.25. The number of nitrogens with one attached hydrogen (secondary N) is 1. The molecule has 6 rings (SSSR count). The van der Waals surface area contributed by atoms with Gasteiger partial charge in [-0.3, -0.25) is 14.2 Å². The fourth-order valence-electron chi connectivity index (χ4n) is 5.01. The van der Waals surface area contributed by atoms with Crippen molar-refractivity contribution in [2.24, 2.45) is 0 Å². The maximum Gasteiger partial charge on any atom is 0.252 e. The van der Waals surface area contributed by atoms with E-state index in [-0.39, 0.29) is 24.1 Å². The van der Waals surface area contributed by atoms with Crippen LogP contribution in [0, 0.1) is 6.92 Å². The largest absolute Gasteiger partial charge is 0.345 e. The van der Waals surface area contributed by atoms with Crippen LogP contribution in [-0.2, 0) is 17.8 Å². The summed E-state index contributed by atoms with van der Waals surface area (Å²) >= 11 is 1.36. The van der Waals surface area contributed by atoms with E-state index in [1.807, 2.05) is 101 Å². The van der Waals surface area contributed by atoms with Gasteiger partial charge in [-0.05, 0) is 59.5 Å². The first-order valence-electron chi connectivity index (χ1n) is 12.9. The van der Waals surface area contributed by atoms with Gasteiger partial charge >= 0.3 is 0 Å². The predicted molar refractivity (Wildman–Crippen MR) is 154 cm³/mol. The number of hydrogen-bond donors (Lipinski definition) is 1. The minimum atomic E-state index is -0.178. The number of rotatable bonds is 7. The maximum atomic E-state index is 13.2. The molecule has 1 aliphatic rings. The number of aryl methyl sites for hydroxylation is 1. The SMILES string of the molecule is Cc1cccc(-n2c(CNC(=O)c3cccc4ccccc34)nnc2SCC(=O)N2CCc3ccccc32)c1. The van der Waals surface area contributed by atoms with E-state index in [0.717, 1.165) is 34.1 Å². The number of para-hydroxylation sites is 1. The molecule has 0 unspecified atom stereocenters. The number of thioether (sulfide) groups is 1. The third-order valence-electron chi connectivity index (χ3n) is 6.91. The van der Waals surface area contributed by atoms with Crippen molar-refractivity contribution in [1.29, 1.82) is 0 Å². The van der Waals surface area contributed by atoms with E-state index in [1.165, 1.54) is 17.3 Å². The van der Waals surface area contributed by atoms with E-state index in [9.17, 15) is 9.59 Å². The van der Waals surface area contributed by atoms with Crippen molar-refractivity contribution < 1.29 is 9.59 Å². The average molecular weight is 534 g/mol. The molecule has 1 aromatic heterocycles. The molecular weight excluding hydrogens is 506 g/mol. The lowest BCUT2D eigenvalue weighted by Crippen LogP contribution is -2.30. The highest BCUT2D eigenvalue weighted by Crippen LogP contribution is 2.29. The normalized spacial score (nSPS) is 12.5. The van der Waals surface area contributed by atoms with E-state index in [1.54, 1.807) is 0 Å². The fraction of sp³-hybridized carbons (Fsp3) is 0.161. The topological polar surface area (TPSA) is 80.1 Å². The zero-order valence-corrected chi connectivity index (χ0v) is 22.3. The summed E-state index contributed by atoms with van der Waals surface area (Å²) in [5, 5.41) is 14.4. The molecule has 4 aromatic carbocycles. The summed E-state index contributed by atoms with van der Waals surface area (Å²) < 4.78 is 1.92. The second kappa shape index (κ2) is 10.7. The number of carbonyl (C=O) groups excluding carboxylic acids is 2. The minimum absolute atomic E-state index is 0.0366. The molecule has 8 heteroatoms. The second-order valence-electron chi connectivity index (χ2n) is 9.50. The highest BCUT2D eigenvalue weighted by molar-refractivity contribution is 7.99. The van der Waals surface area contributed by atoms with Gasteiger partial charge in [0.25, 0.3) is 5.91 Å². The standard InChI is InChI=1S/C31H27N5O2S/c1-21-8-6-12-24(18-21)36-28(19-32-30(38)26-14-7-11-22-9-2-4-13-25(22)26)33-34-31(36)39-20-29(37)35-17-16-23-10-3-5-15-27(23)35/h2-15,18H,16-17,19-20H2,1H3,(H,32,38). The van der Waals surface area contributed by atoms with Gasteiger partial charge in [0.05, 0.1) is 12.3 Å². The Kier molecular flexibility index (Phi) is 6.85. The molecule has 194 valence electrons. The summed E-state index contributed by atoms with van der Waals surface area (Å²) in [6.07, 6.45) is 0.868. The van der Waals surface area contributed by atoms with Crippen LogP contribution in [0.1, 0.15) is 27.3 Å². The third kappa shape index (κ3) is 5.03. The number of carbonyl (C=O) groups is 2. The Hall–Kier alpha value is -4.43. The number of nitrogens with zero attached hydrogens (tertiary/aromatic N) is 4. The summed E-state index contributed by atoms with van der Waals surface area (Å²) in [6.45, 7) is 2.91. The van der Waals surface area contributed by atoms with E-state index in [2.05, 4.69) is 21.6 Å². The number of aromatic nitrogens is 3. The van der Waals surface area contributed by atoms with Crippen molar-refractivity contribution in [2.75, 3.05) is 17.2 Å². The van der Waals surface area contributed by atoms with Crippen molar-refractivity contribution in [1.82, 2.24) is 20.1 Å². The Balaban J connectivity index is 1.23. The summed E-state index contributed by atoms with van der Waals surface area (Å²) in [7, 11) is 0. The minimum Gasteiger partial charge on any atom is -0.345 e. The van der Waals surface area contributed by atoms with Gasteiger partial charge in [-0.1, -0.05) is 78.5 Å². The van der Waals surface area contributed by atoms with E-state index >= 15 is 0 Å². The maximum absolute atomic E-state index is 13.2. The lowest BCUT2D eigenvalue weighted by Gasteiger charge is -2.17. The number of anilines is 1. The van der Waals surface area contributed by atoms with Crippen molar-refractivity contribution in [2.45, 2.75) is 25.0 Å². The lowest BCUT2D eigenvalue weighted by atomic mass is 10.0. The monoisotopic (exact) mass is 533 g/mol. The number of fused-ring (bicyclic) bond motifs is 2. The Morgan fingerprint density at radius 3 is 2.62 bits per heavy atom. The molecule has 0 aliphatic carbocycles. The number of hydrogen-bond acceptors (Lipinski definition) is 5. The van der Waals surface area contributed by atoms with Gasteiger partial charge in [0.15, 0.2) is 11.0 Å². The van der Waals surface area contributed by atoms with Gasteiger partial charge in [-0.25, -0.2) is 0 Å². The fourth-order valence-corrected chi connectivity index (χ4v) is 5.86. The van der Waals surface area contributed by atoms with Crippen molar-refractivity contribution in [3.05, 3.63) is 114 Å². The van der Waals surface area contributed by atoms with Crippen LogP contribution in [0.15, 0.2) is 96.2 Å². The number of amides is 2. The van der Waals surface area contributed by atoms with Crippen LogP contribution in [0.3, 0.4) is 0 Å². The molecule has 0 spiro atoms. The molecule has 7 nitrogen and oxygen atoms in total. The Labute approximate surface area is 230 Å². The molecular formula is C31H27N5O2S. The van der Waals surface area contributed by atoms with Crippen LogP contribution in [0.4, 0.5) is 5.69 Å². The van der Waals surface area contributed by atoms with Gasteiger partial charge in [0.1, 0.15) is 0 Å². The summed E-state index contributed by atoms with van der Waals surface area (Å²) in [5.41, 5.74) is 4.77. The molecule has 0 atom stereocenters. The third-order valence-corrected chi connectivity index (χ3v) is 7.83. The van der Waals surface area contributed by atoms with Crippen molar-refractivity contribution in [3.63, 3.8) is 0 Å². The molecule has 0 bridgehead atoms. The van der Waals surface area contributed by atoms with Gasteiger partial charge in [0, 0.05) is 23.5 Å². The molecule has 2 heterocycles. The Morgan fingerprint density at radius 1 is 0.923 bits per heavy atom. The van der Waals surface area contributed by atoms with Crippen molar-refractivity contribution >= 4 is 40.0 Å². The van der Waals surface area contributed by atoms with E-state index < -0.39 is 0 Å². The molecule has 0 saturated carbocycles. The second-order valence-corrected chi connectivity index (χ2v) is 10.4. The molecule has 0 radical (unpaired) electrons. The molecule has 1 aliphatic heterocycles. The van der Waals surface area contributed by atoms with Crippen LogP contribution in [0.25, 0.3) is 16.5 Å². The quantitative estimate of drug-likeness (QED) is 0.286. The smallest absolute Gasteiger partial charge is 0.252 e. The van der Waals surface area contributed by atoms with Crippen LogP contribution in [0.2, 0.25) is 0 Å². The average Bonchev–Trinajstić information content (AvgIpc) is 3.58. The zero-order valence-electron chi connectivity index (χ0n) is 21.5. The Morgan fingerprint density at radius 2 is 1.72 bits per heavy atom. The number of benzene rings is 4. The summed E-state index contributed by atoms with van der Waals surface area (Å²) in [6, 6.07) is 29.6. The van der Waals surface area contributed by atoms with Crippen LogP contribution < -0.4 is 10.2 Å². The molecule has 0 fully saturated rings. The molecule has 1 N–H and O–H groups in total. The molecule has 5 aromatic rings. The van der Waals surface area contributed by atoms with Crippen LogP contribution in [-0.4, -0.2) is 38.9 Å². The van der Waals surface area contributed by atoms with E-state index in [4.69, 9.17) is 0 Å². The van der Waals surface area contributed by atoms with E-state index in [0.29, 0.717) is 23.1 Å². The predicted octanol–water partition coefficient (Wildman–Crippen LogP) is 5.34. The van der Waals surface area contributed by atoms with Gasteiger partial charge in [-0.15, -0.1) is 10.2 Å². The molecule has 39 heavy (non-hydrogen) atoms.